The van der Waals surface area contributed by atoms with Gasteiger partial charge in [-0.05, 0) is 12.8 Å². The highest BCUT2D eigenvalue weighted by Crippen LogP contribution is 1.98. The molecule has 1 heterocycles. The van der Waals surface area contributed by atoms with E-state index in [2.05, 4.69) is 11.5 Å². The molecule has 0 saturated heterocycles. The molecule has 3 nitrogen and oxygen atoms in total. The number of hydrogen-bond acceptors (Lipinski definition) is 1. The van der Waals surface area contributed by atoms with Crippen LogP contribution in [-0.2, 0) is 6.54 Å². The molecule has 3 heteroatoms. The normalized spacial score (nSPS) is 10.4. The first kappa shape index (κ1) is 11.0. The lowest BCUT2D eigenvalue weighted by Crippen LogP contribution is -2.31. The number of imidazole rings is 1. The predicted molar refractivity (Wildman–Crippen MR) is 55.1 cm³/mol. The van der Waals surface area contributed by atoms with Gasteiger partial charge in [-0.1, -0.05) is 19.8 Å². The van der Waals surface area contributed by atoms with Gasteiger partial charge in [-0.15, -0.1) is 0 Å². The summed E-state index contributed by atoms with van der Waals surface area (Å²) in [7, 11) is 0. The van der Waals surface area contributed by atoms with Crippen LogP contribution in [-0.4, -0.2) is 10.5 Å². The SMILES string of the molecule is CCCCCC[n+]1ccn(C(C)=O)c1. The lowest BCUT2D eigenvalue weighted by atomic mass is 10.2. The first-order valence-electron chi connectivity index (χ1n) is 5.32. The monoisotopic (exact) mass is 195 g/mol. The van der Waals surface area contributed by atoms with E-state index < -0.39 is 0 Å². The van der Waals surface area contributed by atoms with E-state index in [4.69, 9.17) is 0 Å². The number of aryl methyl sites for hydroxylation is 1. The van der Waals surface area contributed by atoms with Gasteiger partial charge < -0.3 is 0 Å². The third-order valence-corrected chi connectivity index (χ3v) is 2.32. The quantitative estimate of drug-likeness (QED) is 0.521. The van der Waals surface area contributed by atoms with Crippen molar-refractivity contribution in [2.24, 2.45) is 0 Å². The summed E-state index contributed by atoms with van der Waals surface area (Å²) in [6.07, 6.45) is 10.6. The van der Waals surface area contributed by atoms with Gasteiger partial charge >= 0.3 is 5.91 Å². The van der Waals surface area contributed by atoms with Crippen LogP contribution in [0.15, 0.2) is 18.7 Å². The number of nitrogens with zero attached hydrogens (tertiary/aromatic N) is 2. The van der Waals surface area contributed by atoms with Crippen molar-refractivity contribution in [2.75, 3.05) is 0 Å². The second-order valence-electron chi connectivity index (χ2n) is 3.64. The van der Waals surface area contributed by atoms with Crippen molar-refractivity contribution >= 4 is 5.91 Å². The zero-order valence-corrected chi connectivity index (χ0v) is 9.07. The van der Waals surface area contributed by atoms with Crippen molar-refractivity contribution in [3.05, 3.63) is 18.7 Å². The Morgan fingerprint density at radius 3 is 2.71 bits per heavy atom. The van der Waals surface area contributed by atoms with Crippen LogP contribution in [0.4, 0.5) is 0 Å². The highest BCUT2D eigenvalue weighted by molar-refractivity contribution is 5.75. The maximum absolute atomic E-state index is 11.0. The molecular formula is C11H19N2O+. The average molecular weight is 195 g/mol. The van der Waals surface area contributed by atoms with E-state index in [0.29, 0.717) is 0 Å². The number of carbonyl (C=O) groups is 1. The van der Waals surface area contributed by atoms with Gasteiger partial charge in [0.25, 0.3) is 6.33 Å². The molecule has 0 radical (unpaired) electrons. The lowest BCUT2D eigenvalue weighted by molar-refractivity contribution is -0.696. The molecule has 0 aromatic carbocycles. The first-order valence-corrected chi connectivity index (χ1v) is 5.32. The van der Waals surface area contributed by atoms with E-state index in [1.807, 2.05) is 18.7 Å². The fraction of sp³-hybridized carbons (Fsp3) is 0.636. The molecule has 0 bridgehead atoms. The second-order valence-corrected chi connectivity index (χ2v) is 3.64. The van der Waals surface area contributed by atoms with E-state index in [-0.39, 0.29) is 5.91 Å². The Kier molecular flexibility index (Phi) is 4.36. The average Bonchev–Trinajstić information content (AvgIpc) is 2.61. The Bertz CT molecular complexity index is 291. The molecule has 1 rings (SSSR count). The standard InChI is InChI=1S/C11H19N2O/c1-3-4-5-6-7-12-8-9-13(10-12)11(2)14/h8-10H,3-7H2,1-2H3/q+1. The summed E-state index contributed by atoms with van der Waals surface area (Å²) in [6.45, 7) is 4.79. The van der Waals surface area contributed by atoms with Crippen molar-refractivity contribution < 1.29 is 9.36 Å². The van der Waals surface area contributed by atoms with Crippen molar-refractivity contribution in [3.63, 3.8) is 0 Å². The Hall–Kier alpha value is -1.12. The summed E-state index contributed by atoms with van der Waals surface area (Å²) in [4.78, 5) is 11.0. The number of aromatic nitrogens is 2. The zero-order valence-electron chi connectivity index (χ0n) is 9.07. The third-order valence-electron chi connectivity index (χ3n) is 2.32. The molecule has 0 unspecified atom stereocenters. The molecular weight excluding hydrogens is 176 g/mol. The summed E-state index contributed by atoms with van der Waals surface area (Å²) in [6, 6.07) is 0. The molecule has 0 saturated carbocycles. The molecule has 1 aromatic rings. The summed E-state index contributed by atoms with van der Waals surface area (Å²) >= 11 is 0. The van der Waals surface area contributed by atoms with Gasteiger partial charge in [0.05, 0.1) is 6.54 Å². The minimum absolute atomic E-state index is 0.0670. The Morgan fingerprint density at radius 1 is 1.36 bits per heavy atom. The van der Waals surface area contributed by atoms with Crippen molar-refractivity contribution in [2.45, 2.75) is 46.1 Å². The van der Waals surface area contributed by atoms with Crippen LogP contribution in [0.25, 0.3) is 0 Å². The largest absolute Gasteiger partial charge is 0.310 e. The van der Waals surface area contributed by atoms with Gasteiger partial charge in [-0.25, -0.2) is 9.36 Å². The lowest BCUT2D eigenvalue weighted by Gasteiger charge is -1.95. The Labute approximate surface area is 85.4 Å². The molecule has 14 heavy (non-hydrogen) atoms. The van der Waals surface area contributed by atoms with Crippen LogP contribution < -0.4 is 4.57 Å². The first-order chi connectivity index (χ1) is 6.74. The number of carbonyl (C=O) groups excluding carboxylic acids is 1. The van der Waals surface area contributed by atoms with E-state index in [1.165, 1.54) is 25.7 Å². The fourth-order valence-corrected chi connectivity index (χ4v) is 1.43. The summed E-state index contributed by atoms with van der Waals surface area (Å²) in [5.74, 6) is 0.0670. The minimum atomic E-state index is 0.0670. The number of unbranched alkanes of at least 4 members (excludes halogenated alkanes) is 3. The fourth-order valence-electron chi connectivity index (χ4n) is 1.43. The maximum Gasteiger partial charge on any atom is 0.310 e. The molecule has 1 aromatic heterocycles. The molecule has 78 valence electrons. The van der Waals surface area contributed by atoms with Gasteiger partial charge in [0.15, 0.2) is 0 Å². The Morgan fingerprint density at radius 2 is 2.14 bits per heavy atom. The topological polar surface area (TPSA) is 25.9 Å². The van der Waals surface area contributed by atoms with Gasteiger partial charge in [-0.3, -0.25) is 0 Å². The van der Waals surface area contributed by atoms with Gasteiger partial charge in [0.2, 0.25) is 0 Å². The molecule has 0 aliphatic heterocycles. The van der Waals surface area contributed by atoms with Crippen LogP contribution in [0.5, 0.6) is 0 Å². The van der Waals surface area contributed by atoms with Crippen LogP contribution in [0.3, 0.4) is 0 Å². The molecule has 0 N–H and O–H groups in total. The molecule has 0 amide bonds. The van der Waals surface area contributed by atoms with Gasteiger partial charge in [-0.2, -0.15) is 4.57 Å². The maximum atomic E-state index is 11.0. The number of hydrogen-bond donors (Lipinski definition) is 0. The molecule has 0 aliphatic rings. The second kappa shape index (κ2) is 5.58. The van der Waals surface area contributed by atoms with Crippen LogP contribution in [0.2, 0.25) is 0 Å². The van der Waals surface area contributed by atoms with Crippen LogP contribution in [0, 0.1) is 0 Å². The molecule has 0 fully saturated rings. The van der Waals surface area contributed by atoms with Crippen LogP contribution >= 0.6 is 0 Å². The minimum Gasteiger partial charge on any atom is -0.247 e. The van der Waals surface area contributed by atoms with Crippen molar-refractivity contribution in [1.82, 2.24) is 4.57 Å². The van der Waals surface area contributed by atoms with Crippen LogP contribution in [0.1, 0.15) is 44.3 Å². The molecule has 0 atom stereocenters. The Balaban J connectivity index is 2.33. The van der Waals surface area contributed by atoms with E-state index >= 15 is 0 Å². The zero-order chi connectivity index (χ0) is 10.4. The highest BCUT2D eigenvalue weighted by atomic mass is 16.1. The summed E-state index contributed by atoms with van der Waals surface area (Å²) in [5.41, 5.74) is 0. The van der Waals surface area contributed by atoms with E-state index in [9.17, 15) is 4.79 Å². The molecule has 0 spiro atoms. The van der Waals surface area contributed by atoms with Gasteiger partial charge in [0, 0.05) is 6.92 Å². The molecule has 0 aliphatic carbocycles. The summed E-state index contributed by atoms with van der Waals surface area (Å²) < 4.78 is 3.68. The predicted octanol–water partition coefficient (Wildman–Crippen LogP) is 2.02. The highest BCUT2D eigenvalue weighted by Gasteiger charge is 2.06. The van der Waals surface area contributed by atoms with E-state index in [1.54, 1.807) is 11.5 Å². The van der Waals surface area contributed by atoms with Crippen molar-refractivity contribution in [1.29, 1.82) is 0 Å². The van der Waals surface area contributed by atoms with E-state index in [0.717, 1.165) is 6.54 Å². The van der Waals surface area contributed by atoms with Gasteiger partial charge in [0.1, 0.15) is 12.4 Å². The number of rotatable bonds is 5. The van der Waals surface area contributed by atoms with Crippen molar-refractivity contribution in [3.8, 4) is 0 Å². The summed E-state index contributed by atoms with van der Waals surface area (Å²) in [5, 5.41) is 0. The smallest absolute Gasteiger partial charge is 0.247 e. The third kappa shape index (κ3) is 3.32.